The SMILES string of the molecule is O=C(Nc1cccc(C(=O)N2CCCC2)c1)c1nc(Cl)c(Cl)c(Cl)c1Cl. The Bertz CT molecular complexity index is 883. The quantitative estimate of drug-likeness (QED) is 0.679. The van der Waals surface area contributed by atoms with Crippen molar-refractivity contribution in [1.29, 1.82) is 0 Å². The molecule has 2 aromatic rings. The van der Waals surface area contributed by atoms with Crippen molar-refractivity contribution in [2.75, 3.05) is 18.4 Å². The lowest BCUT2D eigenvalue weighted by molar-refractivity contribution is 0.0792. The van der Waals surface area contributed by atoms with Crippen LogP contribution in [0.15, 0.2) is 24.3 Å². The Kier molecular flexibility index (Phi) is 5.92. The van der Waals surface area contributed by atoms with Crippen LogP contribution in [-0.4, -0.2) is 34.8 Å². The third-order valence-electron chi connectivity index (χ3n) is 3.96. The molecular formula is C17H13Cl4N3O2. The number of carbonyl (C=O) groups excluding carboxylic acids is 2. The van der Waals surface area contributed by atoms with Gasteiger partial charge in [-0.1, -0.05) is 52.5 Å². The molecular weight excluding hydrogens is 420 g/mol. The van der Waals surface area contributed by atoms with Crippen LogP contribution in [0.1, 0.15) is 33.7 Å². The zero-order chi connectivity index (χ0) is 18.8. The number of benzene rings is 1. The molecule has 0 bridgehead atoms. The van der Waals surface area contributed by atoms with Crippen molar-refractivity contribution in [2.24, 2.45) is 0 Å². The molecule has 26 heavy (non-hydrogen) atoms. The van der Waals surface area contributed by atoms with Gasteiger partial charge in [-0.05, 0) is 31.0 Å². The molecule has 1 N–H and O–H groups in total. The minimum atomic E-state index is -0.610. The first-order valence-corrected chi connectivity index (χ1v) is 9.30. The molecule has 1 fully saturated rings. The molecule has 0 aliphatic carbocycles. The highest BCUT2D eigenvalue weighted by molar-refractivity contribution is 6.52. The van der Waals surface area contributed by atoms with E-state index in [1.807, 2.05) is 0 Å². The molecule has 1 aliphatic rings. The summed E-state index contributed by atoms with van der Waals surface area (Å²) in [6.07, 6.45) is 2.01. The van der Waals surface area contributed by atoms with Crippen LogP contribution in [0.4, 0.5) is 5.69 Å². The van der Waals surface area contributed by atoms with E-state index in [9.17, 15) is 9.59 Å². The van der Waals surface area contributed by atoms with E-state index in [4.69, 9.17) is 46.4 Å². The molecule has 1 aromatic carbocycles. The molecule has 1 aliphatic heterocycles. The van der Waals surface area contributed by atoms with Gasteiger partial charge in [0.05, 0.1) is 15.1 Å². The number of nitrogens with zero attached hydrogens (tertiary/aromatic N) is 2. The van der Waals surface area contributed by atoms with Crippen LogP contribution in [0.25, 0.3) is 0 Å². The molecule has 0 radical (unpaired) electrons. The topological polar surface area (TPSA) is 62.3 Å². The van der Waals surface area contributed by atoms with Gasteiger partial charge in [0.15, 0.2) is 0 Å². The second-order valence-corrected chi connectivity index (χ2v) is 7.22. The molecule has 3 rings (SSSR count). The molecule has 0 unspecified atom stereocenters. The van der Waals surface area contributed by atoms with Gasteiger partial charge in [-0.3, -0.25) is 9.59 Å². The van der Waals surface area contributed by atoms with E-state index in [1.54, 1.807) is 29.2 Å². The van der Waals surface area contributed by atoms with Gasteiger partial charge in [0.1, 0.15) is 10.8 Å². The van der Waals surface area contributed by atoms with Crippen LogP contribution in [-0.2, 0) is 0 Å². The largest absolute Gasteiger partial charge is 0.339 e. The number of carbonyl (C=O) groups is 2. The number of nitrogens with one attached hydrogen (secondary N) is 1. The lowest BCUT2D eigenvalue weighted by Gasteiger charge is -2.16. The maximum Gasteiger partial charge on any atom is 0.275 e. The summed E-state index contributed by atoms with van der Waals surface area (Å²) in [5.41, 5.74) is 0.776. The molecule has 9 heteroatoms. The minimum absolute atomic E-state index is 0.0203. The fraction of sp³-hybridized carbons (Fsp3) is 0.235. The second kappa shape index (κ2) is 8.01. The summed E-state index contributed by atoms with van der Waals surface area (Å²) in [6, 6.07) is 6.66. The first-order chi connectivity index (χ1) is 12.4. The van der Waals surface area contributed by atoms with E-state index in [1.165, 1.54) is 0 Å². The Morgan fingerprint density at radius 3 is 2.38 bits per heavy atom. The highest BCUT2D eigenvalue weighted by Gasteiger charge is 2.22. The van der Waals surface area contributed by atoms with Crippen molar-refractivity contribution in [3.05, 3.63) is 55.7 Å². The van der Waals surface area contributed by atoms with Gasteiger partial charge in [0, 0.05) is 24.3 Å². The first kappa shape index (κ1) is 19.2. The average Bonchev–Trinajstić information content (AvgIpc) is 3.17. The van der Waals surface area contributed by atoms with Crippen LogP contribution in [0.3, 0.4) is 0 Å². The van der Waals surface area contributed by atoms with Gasteiger partial charge in [0.25, 0.3) is 11.8 Å². The number of amides is 2. The smallest absolute Gasteiger partial charge is 0.275 e. The number of hydrogen-bond acceptors (Lipinski definition) is 3. The number of halogens is 4. The normalized spacial score (nSPS) is 13.8. The highest BCUT2D eigenvalue weighted by atomic mass is 35.5. The Morgan fingerprint density at radius 1 is 1.00 bits per heavy atom. The fourth-order valence-electron chi connectivity index (χ4n) is 2.66. The molecule has 2 heterocycles. The number of aromatic nitrogens is 1. The first-order valence-electron chi connectivity index (χ1n) is 7.79. The van der Waals surface area contributed by atoms with Gasteiger partial charge >= 0.3 is 0 Å². The van der Waals surface area contributed by atoms with Crippen molar-refractivity contribution in [3.63, 3.8) is 0 Å². The van der Waals surface area contributed by atoms with E-state index in [2.05, 4.69) is 10.3 Å². The maximum absolute atomic E-state index is 12.5. The van der Waals surface area contributed by atoms with Crippen LogP contribution < -0.4 is 5.32 Å². The number of hydrogen-bond donors (Lipinski definition) is 1. The summed E-state index contributed by atoms with van der Waals surface area (Å²) >= 11 is 23.7. The minimum Gasteiger partial charge on any atom is -0.339 e. The van der Waals surface area contributed by atoms with Crippen molar-refractivity contribution in [1.82, 2.24) is 9.88 Å². The predicted octanol–water partition coefficient (Wildman–Crippen LogP) is 5.18. The lowest BCUT2D eigenvalue weighted by Crippen LogP contribution is -2.27. The standard InChI is InChI=1S/C17H13Cl4N3O2/c18-11-12(19)14(23-15(21)13(11)20)16(25)22-10-5-3-4-9(8-10)17(26)24-6-1-2-7-24/h3-5,8H,1-2,6-7H2,(H,22,25). The van der Waals surface area contributed by atoms with Crippen molar-refractivity contribution >= 4 is 63.9 Å². The van der Waals surface area contributed by atoms with E-state index in [0.29, 0.717) is 11.3 Å². The third kappa shape index (κ3) is 3.91. The van der Waals surface area contributed by atoms with E-state index in [0.717, 1.165) is 25.9 Å². The molecule has 0 atom stereocenters. The van der Waals surface area contributed by atoms with Crippen molar-refractivity contribution in [3.8, 4) is 0 Å². The molecule has 1 aromatic heterocycles. The van der Waals surface area contributed by atoms with E-state index >= 15 is 0 Å². The fourth-order valence-corrected chi connectivity index (χ4v) is 3.47. The van der Waals surface area contributed by atoms with Gasteiger partial charge in [-0.25, -0.2) is 4.98 Å². The summed E-state index contributed by atoms with van der Waals surface area (Å²) in [4.78, 5) is 30.6. The van der Waals surface area contributed by atoms with E-state index in [-0.39, 0.29) is 31.8 Å². The third-order valence-corrected chi connectivity index (χ3v) is 5.64. The Hall–Kier alpha value is -1.53. The van der Waals surface area contributed by atoms with Crippen molar-refractivity contribution < 1.29 is 9.59 Å². The molecule has 2 amide bonds. The van der Waals surface area contributed by atoms with Crippen LogP contribution in [0, 0.1) is 0 Å². The zero-order valence-corrected chi connectivity index (χ0v) is 16.4. The van der Waals surface area contributed by atoms with Crippen molar-refractivity contribution in [2.45, 2.75) is 12.8 Å². The Labute approximate surface area is 170 Å². The summed E-state index contributed by atoms with van der Waals surface area (Å²) in [7, 11) is 0. The van der Waals surface area contributed by atoms with Gasteiger partial charge in [-0.15, -0.1) is 0 Å². The van der Waals surface area contributed by atoms with E-state index < -0.39 is 5.91 Å². The zero-order valence-electron chi connectivity index (χ0n) is 13.4. The number of likely N-dealkylation sites (tertiary alicyclic amines) is 1. The van der Waals surface area contributed by atoms with Gasteiger partial charge < -0.3 is 10.2 Å². The Morgan fingerprint density at radius 2 is 1.69 bits per heavy atom. The Balaban J connectivity index is 1.82. The summed E-state index contributed by atoms with van der Waals surface area (Å²) in [5.74, 6) is -0.673. The number of pyridine rings is 1. The predicted molar refractivity (Wildman–Crippen MR) is 104 cm³/mol. The van der Waals surface area contributed by atoms with Crippen LogP contribution >= 0.6 is 46.4 Å². The molecule has 5 nitrogen and oxygen atoms in total. The maximum atomic E-state index is 12.5. The molecule has 0 spiro atoms. The number of rotatable bonds is 3. The monoisotopic (exact) mass is 431 g/mol. The van der Waals surface area contributed by atoms with Gasteiger partial charge in [0.2, 0.25) is 0 Å². The number of anilines is 1. The lowest BCUT2D eigenvalue weighted by atomic mass is 10.1. The summed E-state index contributed by atoms with van der Waals surface area (Å²) < 4.78 is 0. The average molecular weight is 433 g/mol. The summed E-state index contributed by atoms with van der Waals surface area (Å²) in [5, 5.41) is 2.36. The molecule has 0 saturated carbocycles. The van der Waals surface area contributed by atoms with Crippen LogP contribution in [0.5, 0.6) is 0 Å². The molecule has 1 saturated heterocycles. The second-order valence-electron chi connectivity index (χ2n) is 5.73. The van der Waals surface area contributed by atoms with Gasteiger partial charge in [-0.2, -0.15) is 0 Å². The molecule has 136 valence electrons. The summed E-state index contributed by atoms with van der Waals surface area (Å²) in [6.45, 7) is 1.49. The highest BCUT2D eigenvalue weighted by Crippen LogP contribution is 2.36. The van der Waals surface area contributed by atoms with Crippen LogP contribution in [0.2, 0.25) is 20.2 Å².